The number of esters is 1. The zero-order valence-electron chi connectivity index (χ0n) is 10.8. The third-order valence-electron chi connectivity index (χ3n) is 2.51. The summed E-state index contributed by atoms with van der Waals surface area (Å²) in [6.45, 7) is 2.19. The van der Waals surface area contributed by atoms with E-state index in [9.17, 15) is 26.7 Å². The van der Waals surface area contributed by atoms with Crippen molar-refractivity contribution in [3.05, 3.63) is 29.1 Å². The second-order valence-corrected chi connectivity index (χ2v) is 3.74. The molecule has 0 aromatic heterocycles. The van der Waals surface area contributed by atoms with Gasteiger partial charge in [0.2, 0.25) is 5.82 Å². The van der Waals surface area contributed by atoms with Crippen LogP contribution in [0.2, 0.25) is 0 Å². The molecule has 0 fully saturated rings. The normalized spacial score (nSPS) is 10.6. The van der Waals surface area contributed by atoms with E-state index in [1.165, 1.54) is 13.8 Å². The predicted octanol–water partition coefficient (Wildman–Crippen LogP) is 2.77. The van der Waals surface area contributed by atoms with Gasteiger partial charge in [0.15, 0.2) is 23.3 Å². The molecule has 0 bridgehead atoms. The monoisotopic (exact) mass is 297 g/mol. The van der Waals surface area contributed by atoms with Crippen LogP contribution in [0.4, 0.5) is 27.6 Å². The van der Waals surface area contributed by atoms with Gasteiger partial charge in [-0.25, -0.2) is 22.0 Å². The zero-order chi connectivity index (χ0) is 15.4. The van der Waals surface area contributed by atoms with Crippen molar-refractivity contribution in [3.8, 4) is 0 Å². The largest absolute Gasteiger partial charge is 0.465 e. The molecule has 3 nitrogen and oxygen atoms in total. The Labute approximate surface area is 111 Å². The Kier molecular flexibility index (Phi) is 5.29. The van der Waals surface area contributed by atoms with E-state index in [-0.39, 0.29) is 13.2 Å². The molecule has 0 unspecified atom stereocenters. The summed E-state index contributed by atoms with van der Waals surface area (Å²) >= 11 is 0. The molecular formula is C12H12F5NO2. The van der Waals surface area contributed by atoms with Gasteiger partial charge < -0.3 is 9.64 Å². The highest BCUT2D eigenvalue weighted by atomic mass is 19.2. The van der Waals surface area contributed by atoms with E-state index >= 15 is 0 Å². The van der Waals surface area contributed by atoms with Gasteiger partial charge in [-0.2, -0.15) is 0 Å². The number of hydrogen-bond acceptors (Lipinski definition) is 3. The zero-order valence-corrected chi connectivity index (χ0v) is 10.8. The lowest BCUT2D eigenvalue weighted by atomic mass is 10.2. The number of nitrogens with zero attached hydrogens (tertiary/aromatic N) is 1. The van der Waals surface area contributed by atoms with E-state index in [1.54, 1.807) is 0 Å². The number of rotatable bonds is 5. The SMILES string of the molecule is CCOC(=O)CN(CC)c1c(F)c(F)c(F)c(F)c1F. The number of hydrogen-bond donors (Lipinski definition) is 0. The maximum absolute atomic E-state index is 13.6. The fourth-order valence-corrected chi connectivity index (χ4v) is 1.58. The molecule has 0 atom stereocenters. The van der Waals surface area contributed by atoms with Crippen molar-refractivity contribution in [2.24, 2.45) is 0 Å². The standard InChI is InChI=1S/C12H12F5NO2/c1-3-18(5-6(19)20-4-2)12-10(16)8(14)7(13)9(15)11(12)17/h3-5H2,1-2H3. The first-order valence-electron chi connectivity index (χ1n) is 5.77. The first kappa shape index (κ1) is 16.2. The third kappa shape index (κ3) is 3.00. The topological polar surface area (TPSA) is 29.5 Å². The number of ether oxygens (including phenoxy) is 1. The molecule has 1 aromatic rings. The minimum absolute atomic E-state index is 0.0352. The quantitative estimate of drug-likeness (QED) is 0.362. The van der Waals surface area contributed by atoms with E-state index in [1.807, 2.05) is 0 Å². The van der Waals surface area contributed by atoms with Gasteiger partial charge in [-0.15, -0.1) is 0 Å². The first-order valence-corrected chi connectivity index (χ1v) is 5.77. The molecule has 0 N–H and O–H groups in total. The Morgan fingerprint density at radius 3 is 1.80 bits per heavy atom. The summed E-state index contributed by atoms with van der Waals surface area (Å²) in [5.41, 5.74) is -1.14. The van der Waals surface area contributed by atoms with Gasteiger partial charge in [0.05, 0.1) is 6.61 Å². The van der Waals surface area contributed by atoms with E-state index in [4.69, 9.17) is 0 Å². The summed E-state index contributed by atoms with van der Waals surface area (Å²) in [5.74, 6) is -11.1. The molecule has 112 valence electrons. The lowest BCUT2D eigenvalue weighted by molar-refractivity contribution is -0.141. The lowest BCUT2D eigenvalue weighted by Gasteiger charge is -2.23. The Morgan fingerprint density at radius 2 is 1.40 bits per heavy atom. The molecule has 0 spiro atoms. The number of carbonyl (C=O) groups is 1. The molecule has 0 saturated heterocycles. The number of halogens is 5. The Balaban J connectivity index is 3.25. The van der Waals surface area contributed by atoms with Gasteiger partial charge in [-0.3, -0.25) is 4.79 Å². The summed E-state index contributed by atoms with van der Waals surface area (Å²) in [6.07, 6.45) is 0. The smallest absolute Gasteiger partial charge is 0.325 e. The van der Waals surface area contributed by atoms with Gasteiger partial charge in [-0.1, -0.05) is 0 Å². The predicted molar refractivity (Wildman–Crippen MR) is 60.8 cm³/mol. The van der Waals surface area contributed by atoms with Crippen molar-refractivity contribution in [3.63, 3.8) is 0 Å². The van der Waals surface area contributed by atoms with E-state index in [0.29, 0.717) is 4.90 Å². The Hall–Kier alpha value is -1.86. The van der Waals surface area contributed by atoms with Crippen molar-refractivity contribution in [2.45, 2.75) is 13.8 Å². The average molecular weight is 297 g/mol. The van der Waals surface area contributed by atoms with Crippen LogP contribution in [0.3, 0.4) is 0 Å². The van der Waals surface area contributed by atoms with Crippen LogP contribution in [0.15, 0.2) is 0 Å². The minimum atomic E-state index is -2.24. The average Bonchev–Trinajstić information content (AvgIpc) is 2.42. The molecule has 0 radical (unpaired) electrons. The Bertz CT molecular complexity index is 492. The minimum Gasteiger partial charge on any atom is -0.465 e. The molecular weight excluding hydrogens is 285 g/mol. The summed E-state index contributed by atoms with van der Waals surface area (Å²) in [6, 6.07) is 0. The van der Waals surface area contributed by atoms with Gasteiger partial charge in [-0.05, 0) is 13.8 Å². The second kappa shape index (κ2) is 6.53. The number of anilines is 1. The van der Waals surface area contributed by atoms with Crippen LogP contribution < -0.4 is 4.90 Å². The van der Waals surface area contributed by atoms with Crippen LogP contribution in [0.1, 0.15) is 13.8 Å². The van der Waals surface area contributed by atoms with E-state index < -0.39 is 47.3 Å². The fraction of sp³-hybridized carbons (Fsp3) is 0.417. The number of benzene rings is 1. The van der Waals surface area contributed by atoms with Crippen molar-refractivity contribution in [1.29, 1.82) is 0 Å². The maximum atomic E-state index is 13.6. The van der Waals surface area contributed by atoms with Crippen LogP contribution in [-0.2, 0) is 9.53 Å². The van der Waals surface area contributed by atoms with Crippen molar-refractivity contribution < 1.29 is 31.5 Å². The fourth-order valence-electron chi connectivity index (χ4n) is 1.58. The molecule has 0 aliphatic rings. The summed E-state index contributed by atoms with van der Waals surface area (Å²) in [4.78, 5) is 12.0. The Morgan fingerprint density at radius 1 is 0.950 bits per heavy atom. The highest BCUT2D eigenvalue weighted by molar-refractivity contribution is 5.76. The van der Waals surface area contributed by atoms with Crippen LogP contribution in [0, 0.1) is 29.1 Å². The highest BCUT2D eigenvalue weighted by Crippen LogP contribution is 2.30. The van der Waals surface area contributed by atoms with Crippen LogP contribution in [0.5, 0.6) is 0 Å². The number of likely N-dealkylation sites (N-methyl/N-ethyl adjacent to an activating group) is 1. The van der Waals surface area contributed by atoms with Gasteiger partial charge >= 0.3 is 5.97 Å². The molecule has 1 aromatic carbocycles. The van der Waals surface area contributed by atoms with Crippen LogP contribution in [-0.4, -0.2) is 25.7 Å². The molecule has 8 heteroatoms. The first-order chi connectivity index (χ1) is 9.34. The highest BCUT2D eigenvalue weighted by Gasteiger charge is 2.29. The van der Waals surface area contributed by atoms with Crippen LogP contribution >= 0.6 is 0 Å². The van der Waals surface area contributed by atoms with Gasteiger partial charge in [0.25, 0.3) is 0 Å². The van der Waals surface area contributed by atoms with E-state index in [0.717, 1.165) is 0 Å². The molecule has 0 amide bonds. The van der Waals surface area contributed by atoms with Crippen molar-refractivity contribution >= 4 is 11.7 Å². The second-order valence-electron chi connectivity index (χ2n) is 3.74. The summed E-state index contributed by atoms with van der Waals surface area (Å²) in [5, 5.41) is 0. The molecule has 0 saturated carbocycles. The maximum Gasteiger partial charge on any atom is 0.325 e. The summed E-state index contributed by atoms with van der Waals surface area (Å²) in [7, 11) is 0. The molecule has 0 aliphatic carbocycles. The van der Waals surface area contributed by atoms with Gasteiger partial charge in [0, 0.05) is 6.54 Å². The van der Waals surface area contributed by atoms with Crippen molar-refractivity contribution in [1.82, 2.24) is 0 Å². The van der Waals surface area contributed by atoms with Crippen LogP contribution in [0.25, 0.3) is 0 Å². The molecule has 0 aliphatic heterocycles. The van der Waals surface area contributed by atoms with Crippen molar-refractivity contribution in [2.75, 3.05) is 24.6 Å². The molecule has 1 rings (SSSR count). The lowest BCUT2D eigenvalue weighted by Crippen LogP contribution is -2.33. The molecule has 20 heavy (non-hydrogen) atoms. The number of carbonyl (C=O) groups excluding carboxylic acids is 1. The summed E-state index contributed by atoms with van der Waals surface area (Å²) < 4.78 is 70.8. The van der Waals surface area contributed by atoms with E-state index in [2.05, 4.69) is 4.74 Å². The molecule has 0 heterocycles. The third-order valence-corrected chi connectivity index (χ3v) is 2.51. The van der Waals surface area contributed by atoms with Gasteiger partial charge in [0.1, 0.15) is 12.2 Å².